The van der Waals surface area contributed by atoms with E-state index in [9.17, 15) is 19.2 Å². The number of primary amides is 1. The Bertz CT molecular complexity index is 1130. The molecule has 2 aromatic heterocycles. The molecule has 4 N–H and O–H groups in total. The van der Waals surface area contributed by atoms with Crippen molar-refractivity contribution in [3.63, 3.8) is 0 Å². The molecule has 10 heteroatoms. The lowest BCUT2D eigenvalue weighted by Crippen LogP contribution is -2.28. The molecule has 138 valence electrons. The number of amides is 2. The number of benzene rings is 1. The molecule has 3 aromatic rings. The van der Waals surface area contributed by atoms with Gasteiger partial charge in [0.05, 0.1) is 22.2 Å². The number of nitrogens with one attached hydrogen (secondary N) is 1. The zero-order chi connectivity index (χ0) is 19.7. The summed E-state index contributed by atoms with van der Waals surface area (Å²) in [6, 6.07) is 5.62. The summed E-state index contributed by atoms with van der Waals surface area (Å²) in [7, 11) is 0. The van der Waals surface area contributed by atoms with Gasteiger partial charge in [0.25, 0.3) is 11.5 Å². The van der Waals surface area contributed by atoms with E-state index in [0.29, 0.717) is 16.1 Å². The van der Waals surface area contributed by atoms with E-state index < -0.39 is 23.3 Å². The molecule has 2 heterocycles. The Morgan fingerprint density at radius 3 is 2.52 bits per heavy atom. The van der Waals surface area contributed by atoms with Crippen molar-refractivity contribution < 1.29 is 19.5 Å². The van der Waals surface area contributed by atoms with Gasteiger partial charge in [-0.15, -0.1) is 11.3 Å². The molecule has 0 spiro atoms. The second-order valence-electron chi connectivity index (χ2n) is 5.71. The van der Waals surface area contributed by atoms with E-state index in [1.165, 1.54) is 30.6 Å². The molecular formula is C17H14N4O5S. The molecule has 1 aromatic carbocycles. The van der Waals surface area contributed by atoms with Gasteiger partial charge >= 0.3 is 5.97 Å². The van der Waals surface area contributed by atoms with E-state index in [-0.39, 0.29) is 22.4 Å². The molecule has 0 unspecified atom stereocenters. The first-order chi connectivity index (χ1) is 12.8. The summed E-state index contributed by atoms with van der Waals surface area (Å²) < 4.78 is 1.13. The van der Waals surface area contributed by atoms with Crippen molar-refractivity contribution in [1.29, 1.82) is 0 Å². The lowest BCUT2D eigenvalue weighted by atomic mass is 10.2. The number of anilines is 1. The number of nitrogens with two attached hydrogens (primary N) is 1. The molecule has 3 rings (SSSR count). The second kappa shape index (κ2) is 7.00. The Morgan fingerprint density at radius 1 is 1.26 bits per heavy atom. The summed E-state index contributed by atoms with van der Waals surface area (Å²) in [6.07, 6.45) is 1.23. The summed E-state index contributed by atoms with van der Waals surface area (Å²) in [5.74, 6) is -2.19. The van der Waals surface area contributed by atoms with Gasteiger partial charge in [-0.1, -0.05) is 0 Å². The normalized spacial score (nSPS) is 10.7. The maximum absolute atomic E-state index is 12.6. The number of carboxylic acid groups (broad SMARTS) is 1. The summed E-state index contributed by atoms with van der Waals surface area (Å²) in [5, 5.41) is 11.7. The van der Waals surface area contributed by atoms with Gasteiger partial charge in [-0.3, -0.25) is 19.0 Å². The zero-order valence-electron chi connectivity index (χ0n) is 14.1. The number of carbonyl (C=O) groups is 3. The van der Waals surface area contributed by atoms with Crippen molar-refractivity contribution in [1.82, 2.24) is 9.55 Å². The van der Waals surface area contributed by atoms with Gasteiger partial charge in [-0.2, -0.15) is 0 Å². The Balaban J connectivity index is 1.83. The van der Waals surface area contributed by atoms with Crippen LogP contribution in [0.1, 0.15) is 25.6 Å². The molecule has 0 fully saturated rings. The number of carbonyl (C=O) groups excluding carboxylic acids is 2. The fraction of sp³-hybridized carbons (Fsp3) is 0.118. The minimum Gasteiger partial charge on any atom is -0.478 e. The lowest BCUT2D eigenvalue weighted by molar-refractivity contribution is -0.116. The van der Waals surface area contributed by atoms with Crippen LogP contribution in [-0.4, -0.2) is 32.4 Å². The molecule has 0 radical (unpaired) electrons. The fourth-order valence-electron chi connectivity index (χ4n) is 2.56. The highest BCUT2D eigenvalue weighted by Gasteiger charge is 2.18. The average molecular weight is 386 g/mol. The molecule has 0 saturated heterocycles. The summed E-state index contributed by atoms with van der Waals surface area (Å²) in [4.78, 5) is 51.9. The van der Waals surface area contributed by atoms with Gasteiger partial charge in [0, 0.05) is 5.69 Å². The quantitative estimate of drug-likeness (QED) is 0.601. The third-order valence-corrected chi connectivity index (χ3v) is 5.09. The predicted molar refractivity (Wildman–Crippen MR) is 99.2 cm³/mol. The van der Waals surface area contributed by atoms with Gasteiger partial charge in [0.2, 0.25) is 5.91 Å². The van der Waals surface area contributed by atoms with Crippen LogP contribution in [0.15, 0.2) is 35.4 Å². The average Bonchev–Trinajstić information content (AvgIpc) is 2.95. The Kier molecular flexibility index (Phi) is 4.74. The molecule has 27 heavy (non-hydrogen) atoms. The van der Waals surface area contributed by atoms with Crippen LogP contribution in [0.4, 0.5) is 5.69 Å². The van der Waals surface area contributed by atoms with Crippen LogP contribution in [0.5, 0.6) is 0 Å². The molecule has 9 nitrogen and oxygen atoms in total. The zero-order valence-corrected chi connectivity index (χ0v) is 14.9. The largest absolute Gasteiger partial charge is 0.478 e. The number of aromatic carboxylic acids is 1. The van der Waals surface area contributed by atoms with Gasteiger partial charge < -0.3 is 16.2 Å². The van der Waals surface area contributed by atoms with Crippen molar-refractivity contribution in [2.75, 3.05) is 5.32 Å². The SMILES string of the molecule is Cc1c(C(N)=O)sc2ncn(CC(=O)Nc3ccc(C(=O)O)cc3)c(=O)c12. The molecule has 0 saturated carbocycles. The van der Waals surface area contributed by atoms with Crippen molar-refractivity contribution in [3.8, 4) is 0 Å². The number of hydrogen-bond acceptors (Lipinski definition) is 6. The molecule has 0 aliphatic heterocycles. The van der Waals surface area contributed by atoms with E-state index in [0.717, 1.165) is 15.9 Å². The number of rotatable bonds is 5. The van der Waals surface area contributed by atoms with E-state index >= 15 is 0 Å². The van der Waals surface area contributed by atoms with Crippen LogP contribution in [0.3, 0.4) is 0 Å². The lowest BCUT2D eigenvalue weighted by Gasteiger charge is -2.07. The third kappa shape index (κ3) is 3.55. The van der Waals surface area contributed by atoms with Gasteiger partial charge in [-0.25, -0.2) is 9.78 Å². The number of aromatic nitrogens is 2. The van der Waals surface area contributed by atoms with E-state index in [1.54, 1.807) is 6.92 Å². The second-order valence-corrected chi connectivity index (χ2v) is 6.71. The van der Waals surface area contributed by atoms with Crippen molar-refractivity contribution >= 4 is 45.0 Å². The van der Waals surface area contributed by atoms with Gasteiger partial charge in [-0.05, 0) is 36.8 Å². The minimum absolute atomic E-state index is 0.0945. The van der Waals surface area contributed by atoms with Crippen molar-refractivity contribution in [2.24, 2.45) is 5.73 Å². The fourth-order valence-corrected chi connectivity index (χ4v) is 3.55. The van der Waals surface area contributed by atoms with Crippen LogP contribution in [0.25, 0.3) is 10.2 Å². The third-order valence-electron chi connectivity index (χ3n) is 3.87. The van der Waals surface area contributed by atoms with Crippen LogP contribution in [0, 0.1) is 6.92 Å². The summed E-state index contributed by atoms with van der Waals surface area (Å²) in [5.41, 5.74) is 5.79. The maximum Gasteiger partial charge on any atom is 0.335 e. The Labute approximate surface area is 156 Å². The Morgan fingerprint density at radius 2 is 1.93 bits per heavy atom. The number of thiophene rings is 1. The molecule has 0 atom stereocenters. The number of aryl methyl sites for hydroxylation is 1. The van der Waals surface area contributed by atoms with Gasteiger partial charge in [0.1, 0.15) is 11.4 Å². The minimum atomic E-state index is -1.07. The highest BCUT2D eigenvalue weighted by molar-refractivity contribution is 7.20. The summed E-state index contributed by atoms with van der Waals surface area (Å²) in [6.45, 7) is 1.32. The first kappa shape index (κ1) is 18.3. The van der Waals surface area contributed by atoms with Crippen LogP contribution in [-0.2, 0) is 11.3 Å². The van der Waals surface area contributed by atoms with Gasteiger partial charge in [0.15, 0.2) is 0 Å². The number of carboxylic acids is 1. The highest BCUT2D eigenvalue weighted by Crippen LogP contribution is 2.26. The molecule has 0 bridgehead atoms. The highest BCUT2D eigenvalue weighted by atomic mass is 32.1. The smallest absolute Gasteiger partial charge is 0.335 e. The number of hydrogen-bond donors (Lipinski definition) is 3. The molecular weight excluding hydrogens is 372 g/mol. The summed E-state index contributed by atoms with van der Waals surface area (Å²) >= 11 is 1.03. The number of fused-ring (bicyclic) bond motifs is 1. The molecule has 0 aliphatic carbocycles. The predicted octanol–water partition coefficient (Wildman–Crippen LogP) is 1.20. The van der Waals surface area contributed by atoms with E-state index in [2.05, 4.69) is 10.3 Å². The Hall–Kier alpha value is -3.53. The monoisotopic (exact) mass is 386 g/mol. The number of nitrogens with zero attached hydrogens (tertiary/aromatic N) is 2. The molecule has 0 aliphatic rings. The topological polar surface area (TPSA) is 144 Å². The van der Waals surface area contributed by atoms with Crippen LogP contribution >= 0.6 is 11.3 Å². The van der Waals surface area contributed by atoms with Crippen LogP contribution in [0.2, 0.25) is 0 Å². The standard InChI is InChI=1S/C17H14N4O5S/c1-8-12-15(27-13(8)14(18)23)19-7-21(16(12)24)6-11(22)20-10-4-2-9(3-5-10)17(25)26/h2-5,7H,6H2,1H3,(H2,18,23)(H,20,22)(H,25,26). The van der Waals surface area contributed by atoms with Crippen LogP contribution < -0.4 is 16.6 Å². The van der Waals surface area contributed by atoms with E-state index in [4.69, 9.17) is 10.8 Å². The van der Waals surface area contributed by atoms with Crippen molar-refractivity contribution in [2.45, 2.75) is 13.5 Å². The van der Waals surface area contributed by atoms with Crippen molar-refractivity contribution in [3.05, 3.63) is 57.0 Å². The molecule has 2 amide bonds. The maximum atomic E-state index is 12.6. The first-order valence-electron chi connectivity index (χ1n) is 7.69. The van der Waals surface area contributed by atoms with E-state index in [1.807, 2.05) is 0 Å². The first-order valence-corrected chi connectivity index (χ1v) is 8.51.